The van der Waals surface area contributed by atoms with Crippen LogP contribution in [-0.2, 0) is 21.9 Å². The average molecular weight is 439 g/mol. The summed E-state index contributed by atoms with van der Waals surface area (Å²) in [6.45, 7) is 2.31. The highest BCUT2D eigenvalue weighted by Gasteiger charge is 2.27. The van der Waals surface area contributed by atoms with Gasteiger partial charge in [0.2, 0.25) is 11.8 Å². The summed E-state index contributed by atoms with van der Waals surface area (Å²) in [6.07, 6.45) is 0.548. The predicted molar refractivity (Wildman–Crippen MR) is 118 cm³/mol. The number of rotatable bonds is 9. The third-order valence-corrected chi connectivity index (χ3v) is 5.88. The molecule has 0 aliphatic carbocycles. The van der Waals surface area contributed by atoms with E-state index in [1.807, 2.05) is 43.3 Å². The van der Waals surface area contributed by atoms with Crippen molar-refractivity contribution in [1.82, 2.24) is 10.2 Å². The maximum absolute atomic E-state index is 13.0. The van der Waals surface area contributed by atoms with E-state index in [1.165, 1.54) is 11.8 Å². The lowest BCUT2D eigenvalue weighted by atomic mass is 10.1. The van der Waals surface area contributed by atoms with Crippen molar-refractivity contribution in [3.05, 3.63) is 69.7 Å². The van der Waals surface area contributed by atoms with E-state index in [0.717, 1.165) is 11.1 Å². The number of nitrogens with zero attached hydrogens (tertiary/aromatic N) is 1. The summed E-state index contributed by atoms with van der Waals surface area (Å²) in [4.78, 5) is 26.9. The van der Waals surface area contributed by atoms with E-state index < -0.39 is 6.04 Å². The molecule has 0 aliphatic heterocycles. The number of nitrogens with one attached hydrogen (secondary N) is 1. The van der Waals surface area contributed by atoms with Gasteiger partial charge in [-0.2, -0.15) is 0 Å². The molecule has 0 aromatic heterocycles. The van der Waals surface area contributed by atoms with Crippen LogP contribution >= 0.6 is 35.0 Å². The fourth-order valence-corrected chi connectivity index (χ4v) is 4.30. The van der Waals surface area contributed by atoms with Crippen LogP contribution in [0, 0.1) is 0 Å². The van der Waals surface area contributed by atoms with Crippen LogP contribution in [0.2, 0.25) is 10.0 Å². The summed E-state index contributed by atoms with van der Waals surface area (Å²) in [5.74, 6) is 0.628. The second-order valence-electron chi connectivity index (χ2n) is 6.27. The van der Waals surface area contributed by atoms with E-state index in [9.17, 15) is 9.59 Å². The Hall–Kier alpha value is -1.69. The van der Waals surface area contributed by atoms with E-state index >= 15 is 0 Å². The number of likely N-dealkylation sites (N-methyl/N-ethyl adjacent to an activating group) is 1. The largest absolute Gasteiger partial charge is 0.357 e. The van der Waals surface area contributed by atoms with E-state index in [-0.39, 0.29) is 17.6 Å². The molecule has 2 amide bonds. The quantitative estimate of drug-likeness (QED) is 0.612. The Bertz CT molecular complexity index is 802. The van der Waals surface area contributed by atoms with Crippen molar-refractivity contribution in [2.75, 3.05) is 12.8 Å². The highest BCUT2D eigenvalue weighted by molar-refractivity contribution is 7.99. The van der Waals surface area contributed by atoms with Gasteiger partial charge in [-0.05, 0) is 29.7 Å². The first-order valence-corrected chi connectivity index (χ1v) is 10.9. The van der Waals surface area contributed by atoms with Gasteiger partial charge in [-0.3, -0.25) is 9.59 Å². The van der Waals surface area contributed by atoms with Crippen molar-refractivity contribution in [2.45, 2.75) is 31.7 Å². The second-order valence-corrected chi connectivity index (χ2v) is 8.10. The third-order valence-electron chi connectivity index (χ3n) is 4.33. The number of carbonyl (C=O) groups excluding carboxylic acids is 2. The van der Waals surface area contributed by atoms with Crippen molar-refractivity contribution < 1.29 is 9.59 Å². The minimum atomic E-state index is -0.502. The number of amides is 2. The molecule has 0 radical (unpaired) electrons. The Morgan fingerprint density at radius 3 is 2.46 bits per heavy atom. The number of halogens is 2. The lowest BCUT2D eigenvalue weighted by Gasteiger charge is -2.30. The molecule has 2 aromatic carbocycles. The standard InChI is InChI=1S/C21H24Cl2N2O2S/c1-3-19(21(27)24-2)25(12-15-7-5-4-6-8-15)20(26)14-28-13-16-9-10-17(22)11-18(16)23/h4-11,19H,3,12-14H2,1-2H3,(H,24,27). The summed E-state index contributed by atoms with van der Waals surface area (Å²) in [5.41, 5.74) is 1.92. The minimum Gasteiger partial charge on any atom is -0.357 e. The van der Waals surface area contributed by atoms with Gasteiger partial charge in [-0.15, -0.1) is 11.8 Å². The highest BCUT2D eigenvalue weighted by Crippen LogP contribution is 2.25. The van der Waals surface area contributed by atoms with Crippen molar-refractivity contribution in [2.24, 2.45) is 0 Å². The molecule has 2 aromatic rings. The minimum absolute atomic E-state index is 0.0746. The third kappa shape index (κ3) is 6.43. The molecular weight excluding hydrogens is 415 g/mol. The molecule has 1 unspecified atom stereocenters. The molecule has 150 valence electrons. The first-order valence-electron chi connectivity index (χ1n) is 9.03. The maximum Gasteiger partial charge on any atom is 0.242 e. The van der Waals surface area contributed by atoms with Crippen LogP contribution in [0.15, 0.2) is 48.5 Å². The first kappa shape index (κ1) is 22.6. The lowest BCUT2D eigenvalue weighted by molar-refractivity contribution is -0.139. The Kier molecular flexibility index (Phi) is 9.16. The SMILES string of the molecule is CCC(C(=O)NC)N(Cc1ccccc1)C(=O)CSCc1ccc(Cl)cc1Cl. The fraction of sp³-hybridized carbons (Fsp3) is 0.333. The zero-order chi connectivity index (χ0) is 20.5. The van der Waals surface area contributed by atoms with Gasteiger partial charge in [0.1, 0.15) is 6.04 Å². The highest BCUT2D eigenvalue weighted by atomic mass is 35.5. The van der Waals surface area contributed by atoms with Crippen molar-refractivity contribution >= 4 is 46.8 Å². The molecule has 2 rings (SSSR count). The number of carbonyl (C=O) groups is 2. The van der Waals surface area contributed by atoms with Crippen LogP contribution in [0.4, 0.5) is 0 Å². The van der Waals surface area contributed by atoms with Gasteiger partial charge in [0, 0.05) is 29.4 Å². The predicted octanol–water partition coefficient (Wildman–Crippen LogP) is 4.78. The topological polar surface area (TPSA) is 49.4 Å². The average Bonchev–Trinajstić information content (AvgIpc) is 2.69. The van der Waals surface area contributed by atoms with Gasteiger partial charge in [-0.1, -0.05) is 66.5 Å². The molecule has 4 nitrogen and oxygen atoms in total. The van der Waals surface area contributed by atoms with Crippen LogP contribution in [0.1, 0.15) is 24.5 Å². The zero-order valence-corrected chi connectivity index (χ0v) is 18.3. The van der Waals surface area contributed by atoms with Gasteiger partial charge in [0.15, 0.2) is 0 Å². The lowest BCUT2D eigenvalue weighted by Crippen LogP contribution is -2.48. The molecule has 1 N–H and O–H groups in total. The van der Waals surface area contributed by atoms with Crippen molar-refractivity contribution in [3.8, 4) is 0 Å². The van der Waals surface area contributed by atoms with E-state index in [1.54, 1.807) is 24.1 Å². The Balaban J connectivity index is 2.08. The first-order chi connectivity index (χ1) is 13.5. The summed E-state index contributed by atoms with van der Waals surface area (Å²) in [6, 6.07) is 14.5. The summed E-state index contributed by atoms with van der Waals surface area (Å²) < 4.78 is 0. The van der Waals surface area contributed by atoms with Crippen molar-refractivity contribution in [3.63, 3.8) is 0 Å². The monoisotopic (exact) mass is 438 g/mol. The van der Waals surface area contributed by atoms with Crippen LogP contribution in [-0.4, -0.2) is 35.6 Å². The molecule has 0 heterocycles. The summed E-state index contributed by atoms with van der Waals surface area (Å²) >= 11 is 13.6. The summed E-state index contributed by atoms with van der Waals surface area (Å²) in [7, 11) is 1.59. The molecule has 1 atom stereocenters. The second kappa shape index (κ2) is 11.3. The number of hydrogen-bond donors (Lipinski definition) is 1. The van der Waals surface area contributed by atoms with Crippen LogP contribution in [0.3, 0.4) is 0 Å². The molecule has 7 heteroatoms. The molecule has 0 spiro atoms. The molecule has 0 saturated carbocycles. The molecule has 0 saturated heterocycles. The van der Waals surface area contributed by atoms with Crippen LogP contribution in [0.5, 0.6) is 0 Å². The number of hydrogen-bond acceptors (Lipinski definition) is 3. The molecule has 0 fully saturated rings. The van der Waals surface area contributed by atoms with E-state index in [0.29, 0.717) is 28.8 Å². The van der Waals surface area contributed by atoms with Gasteiger partial charge in [-0.25, -0.2) is 0 Å². The Labute approximate surface area is 180 Å². The number of benzene rings is 2. The Morgan fingerprint density at radius 1 is 1.14 bits per heavy atom. The van der Waals surface area contributed by atoms with Crippen LogP contribution in [0.25, 0.3) is 0 Å². The fourth-order valence-electron chi connectivity index (χ4n) is 2.84. The molecule has 0 bridgehead atoms. The molecule has 0 aliphatic rings. The Morgan fingerprint density at radius 2 is 1.86 bits per heavy atom. The normalized spacial score (nSPS) is 11.7. The molecular formula is C21H24Cl2N2O2S. The van der Waals surface area contributed by atoms with Crippen LogP contribution < -0.4 is 5.32 Å². The van der Waals surface area contributed by atoms with Gasteiger partial charge in [0.25, 0.3) is 0 Å². The van der Waals surface area contributed by atoms with Gasteiger partial charge in [0.05, 0.1) is 5.75 Å². The summed E-state index contributed by atoms with van der Waals surface area (Å²) in [5, 5.41) is 3.83. The van der Waals surface area contributed by atoms with Gasteiger partial charge < -0.3 is 10.2 Å². The van der Waals surface area contributed by atoms with E-state index in [4.69, 9.17) is 23.2 Å². The van der Waals surface area contributed by atoms with Gasteiger partial charge >= 0.3 is 0 Å². The van der Waals surface area contributed by atoms with Crippen molar-refractivity contribution in [1.29, 1.82) is 0 Å². The maximum atomic E-state index is 13.0. The zero-order valence-electron chi connectivity index (χ0n) is 16.0. The smallest absolute Gasteiger partial charge is 0.242 e. The molecule has 28 heavy (non-hydrogen) atoms. The van der Waals surface area contributed by atoms with E-state index in [2.05, 4.69) is 5.32 Å². The number of thioether (sulfide) groups is 1.